The summed E-state index contributed by atoms with van der Waals surface area (Å²) in [5, 5.41) is 0.630. The lowest BCUT2D eigenvalue weighted by Gasteiger charge is -2.16. The van der Waals surface area contributed by atoms with E-state index in [0.29, 0.717) is 6.61 Å². The zero-order valence-electron chi connectivity index (χ0n) is 13.6. The molecule has 1 aromatic carbocycles. The van der Waals surface area contributed by atoms with Crippen LogP contribution in [0.4, 0.5) is 0 Å². The Morgan fingerprint density at radius 1 is 1.30 bits per heavy atom. The standard InChI is InChI=1S/C18H22N2O2S/c1-3-22-17(21)13(2)23-18-19-15-11-7-8-12-16(15)20(18)14-9-5-4-6-10-14/h4-6,9-10,13H,3,7-8,11-12H2,1-2H3. The van der Waals surface area contributed by atoms with E-state index in [4.69, 9.17) is 9.72 Å². The van der Waals surface area contributed by atoms with Crippen molar-refractivity contribution in [3.05, 3.63) is 41.7 Å². The van der Waals surface area contributed by atoms with Crippen LogP contribution in [0.3, 0.4) is 0 Å². The molecule has 0 radical (unpaired) electrons. The number of aryl methyl sites for hydroxylation is 1. The zero-order valence-corrected chi connectivity index (χ0v) is 14.4. The Labute approximate surface area is 141 Å². The first-order valence-electron chi connectivity index (χ1n) is 8.20. The highest BCUT2D eigenvalue weighted by Gasteiger charge is 2.25. The topological polar surface area (TPSA) is 44.1 Å². The summed E-state index contributed by atoms with van der Waals surface area (Å²) in [5.74, 6) is -0.182. The van der Waals surface area contributed by atoms with Crippen molar-refractivity contribution < 1.29 is 9.53 Å². The second-order valence-electron chi connectivity index (χ2n) is 5.68. The maximum atomic E-state index is 12.0. The number of rotatable bonds is 5. The third kappa shape index (κ3) is 3.44. The number of carbonyl (C=O) groups is 1. The molecule has 1 aromatic heterocycles. The molecule has 4 nitrogen and oxygen atoms in total. The number of fused-ring (bicyclic) bond motifs is 1. The van der Waals surface area contributed by atoms with Gasteiger partial charge in [0.25, 0.3) is 0 Å². The van der Waals surface area contributed by atoms with Gasteiger partial charge >= 0.3 is 5.97 Å². The molecular formula is C18H22N2O2S. The minimum atomic E-state index is -0.263. The SMILES string of the molecule is CCOC(=O)C(C)Sc1nc2c(n1-c1ccccc1)CCCC2. The summed E-state index contributed by atoms with van der Waals surface area (Å²) in [4.78, 5) is 16.8. The highest BCUT2D eigenvalue weighted by Crippen LogP contribution is 2.32. The molecule has 1 heterocycles. The molecule has 3 rings (SSSR count). The minimum absolute atomic E-state index is 0.182. The van der Waals surface area contributed by atoms with Gasteiger partial charge in [-0.15, -0.1) is 0 Å². The van der Waals surface area contributed by atoms with Gasteiger partial charge in [0.05, 0.1) is 12.3 Å². The third-order valence-electron chi connectivity index (χ3n) is 4.02. The molecule has 1 unspecified atom stereocenters. The fourth-order valence-electron chi connectivity index (χ4n) is 2.90. The molecule has 0 fully saturated rings. The van der Waals surface area contributed by atoms with E-state index in [1.54, 1.807) is 0 Å². The number of esters is 1. The van der Waals surface area contributed by atoms with E-state index in [0.717, 1.165) is 23.7 Å². The van der Waals surface area contributed by atoms with Crippen LogP contribution in [-0.4, -0.2) is 27.4 Å². The first-order valence-corrected chi connectivity index (χ1v) is 9.08. The van der Waals surface area contributed by atoms with Crippen molar-refractivity contribution in [3.63, 3.8) is 0 Å². The summed E-state index contributed by atoms with van der Waals surface area (Å²) in [7, 11) is 0. The van der Waals surface area contributed by atoms with Gasteiger partial charge in [-0.2, -0.15) is 0 Å². The maximum absolute atomic E-state index is 12.0. The fraction of sp³-hybridized carbons (Fsp3) is 0.444. The van der Waals surface area contributed by atoms with Gasteiger partial charge in [-0.05, 0) is 51.7 Å². The van der Waals surface area contributed by atoms with Crippen molar-refractivity contribution in [2.45, 2.75) is 49.9 Å². The van der Waals surface area contributed by atoms with E-state index in [9.17, 15) is 4.79 Å². The van der Waals surface area contributed by atoms with Crippen molar-refractivity contribution >= 4 is 17.7 Å². The highest BCUT2D eigenvalue weighted by atomic mass is 32.2. The predicted octanol–water partition coefficient (Wildman–Crippen LogP) is 3.79. The Morgan fingerprint density at radius 3 is 2.78 bits per heavy atom. The monoisotopic (exact) mass is 330 g/mol. The van der Waals surface area contributed by atoms with Gasteiger partial charge in [0.2, 0.25) is 0 Å². The third-order valence-corrected chi connectivity index (χ3v) is 5.05. The number of ether oxygens (including phenoxy) is 1. The Hall–Kier alpha value is -1.75. The van der Waals surface area contributed by atoms with Crippen LogP contribution in [0.15, 0.2) is 35.5 Å². The average Bonchev–Trinajstić information content (AvgIpc) is 2.93. The van der Waals surface area contributed by atoms with Crippen LogP contribution in [0.5, 0.6) is 0 Å². The van der Waals surface area contributed by atoms with Gasteiger partial charge in [-0.25, -0.2) is 4.98 Å². The Balaban J connectivity index is 1.96. The Bertz CT molecular complexity index is 682. The van der Waals surface area contributed by atoms with Crippen LogP contribution in [0, 0.1) is 0 Å². The van der Waals surface area contributed by atoms with Crippen LogP contribution >= 0.6 is 11.8 Å². The van der Waals surface area contributed by atoms with E-state index >= 15 is 0 Å². The first kappa shape index (κ1) is 16.1. The summed E-state index contributed by atoms with van der Waals surface area (Å²) < 4.78 is 7.34. The number of aromatic nitrogens is 2. The summed E-state index contributed by atoms with van der Waals surface area (Å²) in [5.41, 5.74) is 3.58. The molecule has 1 atom stereocenters. The van der Waals surface area contributed by atoms with E-state index in [2.05, 4.69) is 16.7 Å². The molecule has 5 heteroatoms. The fourth-order valence-corrected chi connectivity index (χ4v) is 3.87. The highest BCUT2D eigenvalue weighted by molar-refractivity contribution is 8.00. The summed E-state index contributed by atoms with van der Waals surface area (Å²) in [6.07, 6.45) is 4.46. The Kier molecular flexibility index (Phi) is 5.06. The number of para-hydroxylation sites is 1. The van der Waals surface area contributed by atoms with Gasteiger partial charge < -0.3 is 4.74 Å². The molecule has 122 valence electrons. The summed E-state index contributed by atoms with van der Waals surface area (Å²) >= 11 is 1.48. The smallest absolute Gasteiger partial charge is 0.319 e. The zero-order chi connectivity index (χ0) is 16.2. The summed E-state index contributed by atoms with van der Waals surface area (Å²) in [6, 6.07) is 10.3. The van der Waals surface area contributed by atoms with Gasteiger partial charge in [0, 0.05) is 11.4 Å². The summed E-state index contributed by atoms with van der Waals surface area (Å²) in [6.45, 7) is 4.12. The second kappa shape index (κ2) is 7.21. The van der Waals surface area contributed by atoms with Crippen LogP contribution in [0.25, 0.3) is 5.69 Å². The van der Waals surface area contributed by atoms with Crippen molar-refractivity contribution in [3.8, 4) is 5.69 Å². The van der Waals surface area contributed by atoms with E-state index in [-0.39, 0.29) is 11.2 Å². The van der Waals surface area contributed by atoms with Crippen LogP contribution in [0.2, 0.25) is 0 Å². The molecule has 1 aliphatic carbocycles. The number of hydrogen-bond donors (Lipinski definition) is 0. The average molecular weight is 330 g/mol. The molecule has 0 aliphatic heterocycles. The van der Waals surface area contributed by atoms with E-state index in [1.807, 2.05) is 32.0 Å². The normalized spacial score (nSPS) is 15.0. The largest absolute Gasteiger partial charge is 0.465 e. The van der Waals surface area contributed by atoms with Crippen LogP contribution < -0.4 is 0 Å². The quantitative estimate of drug-likeness (QED) is 0.618. The van der Waals surface area contributed by atoms with Gasteiger partial charge in [-0.1, -0.05) is 30.0 Å². The molecule has 1 aliphatic rings. The molecule has 0 spiro atoms. The van der Waals surface area contributed by atoms with Crippen molar-refractivity contribution in [2.75, 3.05) is 6.61 Å². The van der Waals surface area contributed by atoms with Crippen molar-refractivity contribution in [1.29, 1.82) is 0 Å². The van der Waals surface area contributed by atoms with E-state index in [1.165, 1.54) is 36.0 Å². The number of hydrogen-bond acceptors (Lipinski definition) is 4. The molecule has 0 bridgehead atoms. The molecular weight excluding hydrogens is 308 g/mol. The predicted molar refractivity (Wildman–Crippen MR) is 92.2 cm³/mol. The van der Waals surface area contributed by atoms with Crippen LogP contribution in [-0.2, 0) is 22.4 Å². The molecule has 0 amide bonds. The first-order chi connectivity index (χ1) is 11.2. The lowest BCUT2D eigenvalue weighted by Crippen LogP contribution is -2.17. The van der Waals surface area contributed by atoms with Crippen LogP contribution in [0.1, 0.15) is 38.1 Å². The number of benzene rings is 1. The molecule has 0 N–H and O–H groups in total. The molecule has 2 aromatic rings. The lowest BCUT2D eigenvalue weighted by molar-refractivity contribution is -0.142. The number of nitrogens with zero attached hydrogens (tertiary/aromatic N) is 2. The second-order valence-corrected chi connectivity index (χ2v) is 6.99. The van der Waals surface area contributed by atoms with Gasteiger partial charge in [-0.3, -0.25) is 9.36 Å². The minimum Gasteiger partial charge on any atom is -0.465 e. The molecule has 0 saturated heterocycles. The number of carbonyl (C=O) groups excluding carboxylic acids is 1. The number of thioether (sulfide) groups is 1. The van der Waals surface area contributed by atoms with Gasteiger partial charge in [0.1, 0.15) is 5.25 Å². The Morgan fingerprint density at radius 2 is 2.04 bits per heavy atom. The lowest BCUT2D eigenvalue weighted by atomic mass is 10.0. The maximum Gasteiger partial charge on any atom is 0.319 e. The van der Waals surface area contributed by atoms with E-state index < -0.39 is 0 Å². The van der Waals surface area contributed by atoms with Crippen molar-refractivity contribution in [1.82, 2.24) is 9.55 Å². The van der Waals surface area contributed by atoms with Gasteiger partial charge in [0.15, 0.2) is 5.16 Å². The number of imidazole rings is 1. The molecule has 0 saturated carbocycles. The van der Waals surface area contributed by atoms with Crippen molar-refractivity contribution in [2.24, 2.45) is 0 Å². The molecule has 23 heavy (non-hydrogen) atoms.